The van der Waals surface area contributed by atoms with Crippen LogP contribution < -0.4 is 5.56 Å². The Morgan fingerprint density at radius 2 is 1.77 bits per heavy atom. The third-order valence-electron chi connectivity index (χ3n) is 5.76. The quantitative estimate of drug-likeness (QED) is 0.519. The summed E-state index contributed by atoms with van der Waals surface area (Å²) in [6, 6.07) is 13.1. The number of para-hydroxylation sites is 1. The van der Waals surface area contributed by atoms with E-state index in [0.29, 0.717) is 29.7 Å². The van der Waals surface area contributed by atoms with Crippen molar-refractivity contribution in [2.75, 3.05) is 6.54 Å². The summed E-state index contributed by atoms with van der Waals surface area (Å²) in [6.45, 7) is 12.9. The first-order valence-corrected chi connectivity index (χ1v) is 11.1. The lowest BCUT2D eigenvalue weighted by Crippen LogP contribution is -2.38. The molecule has 0 radical (unpaired) electrons. The SMILES string of the molecule is CCCN(C(=O)CC(C)C)[C@@H](C)c1nc2ccccc2c(=O)n1-c1ccc(C)c(C)c1. The van der Waals surface area contributed by atoms with Crippen molar-refractivity contribution >= 4 is 16.8 Å². The molecule has 0 saturated heterocycles. The average Bonchev–Trinajstić information content (AvgIpc) is 2.73. The molecule has 0 fully saturated rings. The van der Waals surface area contributed by atoms with Gasteiger partial charge in [0.25, 0.3) is 5.56 Å². The molecule has 0 N–H and O–H groups in total. The maximum Gasteiger partial charge on any atom is 0.266 e. The maximum atomic E-state index is 13.6. The van der Waals surface area contributed by atoms with E-state index in [1.165, 1.54) is 5.56 Å². The zero-order valence-electron chi connectivity index (χ0n) is 19.5. The van der Waals surface area contributed by atoms with Gasteiger partial charge in [-0.25, -0.2) is 4.98 Å². The summed E-state index contributed by atoms with van der Waals surface area (Å²) >= 11 is 0. The second kappa shape index (κ2) is 9.46. The zero-order valence-corrected chi connectivity index (χ0v) is 19.5. The van der Waals surface area contributed by atoms with Crippen molar-refractivity contribution in [1.82, 2.24) is 14.5 Å². The minimum atomic E-state index is -0.329. The van der Waals surface area contributed by atoms with E-state index in [1.54, 1.807) is 4.57 Å². The molecule has 0 aliphatic heterocycles. The van der Waals surface area contributed by atoms with Crippen molar-refractivity contribution in [3.8, 4) is 5.69 Å². The van der Waals surface area contributed by atoms with Crippen molar-refractivity contribution in [3.63, 3.8) is 0 Å². The van der Waals surface area contributed by atoms with Gasteiger partial charge in [0.05, 0.1) is 22.6 Å². The smallest absolute Gasteiger partial charge is 0.266 e. The summed E-state index contributed by atoms with van der Waals surface area (Å²) in [5, 5.41) is 0.576. The second-order valence-electron chi connectivity index (χ2n) is 8.76. The molecule has 0 aliphatic rings. The standard InChI is InChI=1S/C26H33N3O2/c1-7-14-28(24(30)15-17(2)3)20(6)25-27-23-11-9-8-10-22(23)26(31)29(25)21-13-12-18(4)19(5)16-21/h8-13,16-17,20H,7,14-15H2,1-6H3/t20-/m0/s1. The van der Waals surface area contributed by atoms with Gasteiger partial charge in [0.1, 0.15) is 5.82 Å². The van der Waals surface area contributed by atoms with Crippen molar-refractivity contribution in [3.05, 3.63) is 69.8 Å². The molecule has 1 aromatic heterocycles. The Kier molecular flexibility index (Phi) is 6.94. The molecule has 3 aromatic rings. The fourth-order valence-electron chi connectivity index (χ4n) is 3.93. The van der Waals surface area contributed by atoms with Gasteiger partial charge in [0.2, 0.25) is 5.91 Å². The fourth-order valence-corrected chi connectivity index (χ4v) is 3.93. The van der Waals surface area contributed by atoms with Crippen molar-refractivity contribution in [1.29, 1.82) is 0 Å². The highest BCUT2D eigenvalue weighted by molar-refractivity contribution is 5.79. The summed E-state index contributed by atoms with van der Waals surface area (Å²) in [5.74, 6) is 0.960. The number of hydrogen-bond acceptors (Lipinski definition) is 3. The van der Waals surface area contributed by atoms with Crippen LogP contribution in [0.2, 0.25) is 0 Å². The summed E-state index contributed by atoms with van der Waals surface area (Å²) in [4.78, 5) is 33.4. The molecule has 0 unspecified atom stereocenters. The Bertz CT molecular complexity index is 1150. The molecule has 5 nitrogen and oxygen atoms in total. The molecule has 0 bridgehead atoms. The number of hydrogen-bond donors (Lipinski definition) is 0. The van der Waals surface area contributed by atoms with Gasteiger partial charge in [-0.1, -0.05) is 39.0 Å². The van der Waals surface area contributed by atoms with Gasteiger partial charge in [-0.05, 0) is 68.5 Å². The lowest BCUT2D eigenvalue weighted by molar-refractivity contribution is -0.134. The summed E-state index contributed by atoms with van der Waals surface area (Å²) in [5.41, 5.74) is 3.60. The van der Waals surface area contributed by atoms with Crippen LogP contribution in [0.5, 0.6) is 0 Å². The Labute approximate surface area is 184 Å². The molecule has 3 rings (SSSR count). The zero-order chi connectivity index (χ0) is 22.7. The lowest BCUT2D eigenvalue weighted by Gasteiger charge is -2.31. The van der Waals surface area contributed by atoms with E-state index in [2.05, 4.69) is 13.8 Å². The van der Waals surface area contributed by atoms with E-state index in [4.69, 9.17) is 4.98 Å². The molecule has 164 valence electrons. The molecule has 0 spiro atoms. The normalized spacial score (nSPS) is 12.4. The third kappa shape index (κ3) is 4.71. The monoisotopic (exact) mass is 419 g/mol. The van der Waals surface area contributed by atoms with E-state index >= 15 is 0 Å². The minimum Gasteiger partial charge on any atom is -0.333 e. The van der Waals surface area contributed by atoms with Crippen LogP contribution in [0, 0.1) is 19.8 Å². The number of rotatable bonds is 7. The van der Waals surface area contributed by atoms with E-state index in [1.807, 2.05) is 75.1 Å². The lowest BCUT2D eigenvalue weighted by atomic mass is 10.1. The molecule has 1 amide bonds. The van der Waals surface area contributed by atoms with Crippen LogP contribution in [-0.4, -0.2) is 26.9 Å². The molecule has 0 aliphatic carbocycles. The average molecular weight is 420 g/mol. The molecule has 2 aromatic carbocycles. The van der Waals surface area contributed by atoms with E-state index in [-0.39, 0.29) is 23.4 Å². The largest absolute Gasteiger partial charge is 0.333 e. The van der Waals surface area contributed by atoms with Crippen molar-refractivity contribution in [2.24, 2.45) is 5.92 Å². The van der Waals surface area contributed by atoms with Gasteiger partial charge in [-0.15, -0.1) is 0 Å². The van der Waals surface area contributed by atoms with Gasteiger partial charge >= 0.3 is 0 Å². The van der Waals surface area contributed by atoms with Crippen LogP contribution >= 0.6 is 0 Å². The van der Waals surface area contributed by atoms with Crippen LogP contribution in [0.15, 0.2) is 47.3 Å². The molecule has 31 heavy (non-hydrogen) atoms. The van der Waals surface area contributed by atoms with E-state index < -0.39 is 0 Å². The highest BCUT2D eigenvalue weighted by atomic mass is 16.2. The minimum absolute atomic E-state index is 0.0957. The van der Waals surface area contributed by atoms with E-state index in [9.17, 15) is 9.59 Å². The molecule has 5 heteroatoms. The van der Waals surface area contributed by atoms with Gasteiger partial charge in [-0.3, -0.25) is 14.2 Å². The Balaban J connectivity index is 2.25. The summed E-state index contributed by atoms with van der Waals surface area (Å²) in [7, 11) is 0. The van der Waals surface area contributed by atoms with Crippen molar-refractivity contribution in [2.45, 2.75) is 60.4 Å². The molecular formula is C26H33N3O2. The number of amides is 1. The molecule has 0 saturated carbocycles. The summed E-state index contributed by atoms with van der Waals surface area (Å²) in [6.07, 6.45) is 1.32. The number of nitrogens with zero attached hydrogens (tertiary/aromatic N) is 3. The van der Waals surface area contributed by atoms with Gasteiger partial charge in [0, 0.05) is 13.0 Å². The maximum absolute atomic E-state index is 13.6. The number of benzene rings is 2. The topological polar surface area (TPSA) is 55.2 Å². The number of aromatic nitrogens is 2. The van der Waals surface area contributed by atoms with Crippen LogP contribution in [-0.2, 0) is 4.79 Å². The number of carbonyl (C=O) groups excluding carboxylic acids is 1. The van der Waals surface area contributed by atoms with Gasteiger partial charge in [0.15, 0.2) is 0 Å². The number of carbonyl (C=O) groups is 1. The molecule has 1 atom stereocenters. The first-order valence-electron chi connectivity index (χ1n) is 11.1. The highest BCUT2D eigenvalue weighted by Crippen LogP contribution is 2.25. The fraction of sp³-hybridized carbons (Fsp3) is 0.423. The first-order chi connectivity index (χ1) is 14.7. The highest BCUT2D eigenvalue weighted by Gasteiger charge is 2.26. The van der Waals surface area contributed by atoms with Gasteiger partial charge < -0.3 is 4.90 Å². The third-order valence-corrected chi connectivity index (χ3v) is 5.76. The Morgan fingerprint density at radius 3 is 2.42 bits per heavy atom. The Morgan fingerprint density at radius 1 is 1.06 bits per heavy atom. The van der Waals surface area contributed by atoms with Gasteiger partial charge in [-0.2, -0.15) is 0 Å². The molecule has 1 heterocycles. The first kappa shape index (κ1) is 22.7. The van der Waals surface area contributed by atoms with Crippen LogP contribution in [0.1, 0.15) is 63.5 Å². The number of fused-ring (bicyclic) bond motifs is 1. The van der Waals surface area contributed by atoms with Crippen LogP contribution in [0.4, 0.5) is 0 Å². The predicted octanol–water partition coefficient (Wildman–Crippen LogP) is 5.35. The van der Waals surface area contributed by atoms with Crippen LogP contribution in [0.25, 0.3) is 16.6 Å². The van der Waals surface area contributed by atoms with Crippen molar-refractivity contribution < 1.29 is 4.79 Å². The number of aryl methyl sites for hydroxylation is 2. The molecular weight excluding hydrogens is 386 g/mol. The second-order valence-corrected chi connectivity index (χ2v) is 8.76. The summed E-state index contributed by atoms with van der Waals surface area (Å²) < 4.78 is 1.69. The van der Waals surface area contributed by atoms with E-state index in [0.717, 1.165) is 17.7 Å². The van der Waals surface area contributed by atoms with Crippen LogP contribution in [0.3, 0.4) is 0 Å². The predicted molar refractivity (Wildman–Crippen MR) is 127 cm³/mol. The Hall–Kier alpha value is -2.95.